The minimum Gasteiger partial charge on any atom is -0.465 e. The van der Waals surface area contributed by atoms with E-state index in [2.05, 4.69) is 25.1 Å². The van der Waals surface area contributed by atoms with Gasteiger partial charge in [-0.15, -0.1) is 11.3 Å². The molecule has 1 unspecified atom stereocenters. The average molecular weight is 301 g/mol. The first kappa shape index (κ1) is 14.3. The predicted octanol–water partition coefficient (Wildman–Crippen LogP) is 3.97. The van der Waals surface area contributed by atoms with Crippen molar-refractivity contribution in [3.8, 4) is 10.6 Å². The van der Waals surface area contributed by atoms with Crippen molar-refractivity contribution in [1.82, 2.24) is 4.98 Å². The van der Waals surface area contributed by atoms with Crippen LogP contribution in [-0.4, -0.2) is 17.6 Å². The second-order valence-corrected chi connectivity index (χ2v) is 6.27. The molecular formula is C17H19NO2S. The van der Waals surface area contributed by atoms with E-state index in [0.717, 1.165) is 30.0 Å². The summed E-state index contributed by atoms with van der Waals surface area (Å²) >= 11 is 1.72. The Labute approximate surface area is 129 Å². The van der Waals surface area contributed by atoms with Crippen molar-refractivity contribution in [2.24, 2.45) is 0 Å². The molecule has 1 aliphatic rings. The number of nitrogens with zero attached hydrogens (tertiary/aromatic N) is 1. The van der Waals surface area contributed by atoms with Gasteiger partial charge in [-0.3, -0.25) is 4.79 Å². The van der Waals surface area contributed by atoms with E-state index < -0.39 is 0 Å². The Kier molecular flexibility index (Phi) is 4.06. The summed E-state index contributed by atoms with van der Waals surface area (Å²) in [4.78, 5) is 18.0. The molecule has 2 aromatic rings. The topological polar surface area (TPSA) is 39.2 Å². The van der Waals surface area contributed by atoms with Crippen LogP contribution in [0.3, 0.4) is 0 Å². The summed E-state index contributed by atoms with van der Waals surface area (Å²) in [5.74, 6) is -0.296. The molecule has 3 rings (SSSR count). The maximum absolute atomic E-state index is 12.0. The SMILES string of the molecule is CCOC(=O)C1CCc2sc(-c3ccccc3CC)nc21. The summed E-state index contributed by atoms with van der Waals surface area (Å²) in [6.45, 7) is 4.43. The van der Waals surface area contributed by atoms with Crippen molar-refractivity contribution in [2.75, 3.05) is 6.61 Å². The Morgan fingerprint density at radius 1 is 1.38 bits per heavy atom. The van der Waals surface area contributed by atoms with Crippen LogP contribution in [-0.2, 0) is 22.4 Å². The Balaban J connectivity index is 1.95. The van der Waals surface area contributed by atoms with Crippen molar-refractivity contribution in [3.63, 3.8) is 0 Å². The summed E-state index contributed by atoms with van der Waals surface area (Å²) in [7, 11) is 0. The smallest absolute Gasteiger partial charge is 0.315 e. The van der Waals surface area contributed by atoms with Crippen LogP contribution in [0.25, 0.3) is 10.6 Å². The van der Waals surface area contributed by atoms with Crippen molar-refractivity contribution in [3.05, 3.63) is 40.4 Å². The predicted molar refractivity (Wildman–Crippen MR) is 84.6 cm³/mol. The summed E-state index contributed by atoms with van der Waals surface area (Å²) in [5, 5.41) is 1.03. The molecule has 1 atom stereocenters. The first-order valence-electron chi connectivity index (χ1n) is 7.49. The van der Waals surface area contributed by atoms with E-state index in [0.29, 0.717) is 6.61 Å². The van der Waals surface area contributed by atoms with E-state index in [-0.39, 0.29) is 11.9 Å². The fourth-order valence-electron chi connectivity index (χ4n) is 2.85. The molecule has 0 spiro atoms. The number of aryl methyl sites for hydroxylation is 2. The van der Waals surface area contributed by atoms with Gasteiger partial charge < -0.3 is 4.74 Å². The molecule has 1 aromatic carbocycles. The number of ether oxygens (including phenoxy) is 1. The van der Waals surface area contributed by atoms with Gasteiger partial charge in [0.05, 0.1) is 12.3 Å². The Hall–Kier alpha value is -1.68. The Bertz CT molecular complexity index is 663. The molecule has 3 nitrogen and oxygen atoms in total. The van der Waals surface area contributed by atoms with Gasteiger partial charge in [0.1, 0.15) is 10.9 Å². The number of hydrogen-bond acceptors (Lipinski definition) is 4. The van der Waals surface area contributed by atoms with Crippen LogP contribution in [0.2, 0.25) is 0 Å². The molecule has 1 heterocycles. The van der Waals surface area contributed by atoms with E-state index >= 15 is 0 Å². The zero-order chi connectivity index (χ0) is 14.8. The molecule has 4 heteroatoms. The van der Waals surface area contributed by atoms with Gasteiger partial charge in [0.2, 0.25) is 0 Å². The van der Waals surface area contributed by atoms with Gasteiger partial charge in [0.25, 0.3) is 0 Å². The lowest BCUT2D eigenvalue weighted by Gasteiger charge is -2.08. The molecule has 0 bridgehead atoms. The van der Waals surface area contributed by atoms with E-state index in [4.69, 9.17) is 9.72 Å². The molecule has 0 aliphatic heterocycles. The molecule has 110 valence electrons. The van der Waals surface area contributed by atoms with Crippen molar-refractivity contribution in [2.45, 2.75) is 39.0 Å². The number of carbonyl (C=O) groups is 1. The molecule has 0 saturated heterocycles. The molecule has 0 saturated carbocycles. The van der Waals surface area contributed by atoms with Crippen LogP contribution in [0.5, 0.6) is 0 Å². The molecule has 0 amide bonds. The molecule has 1 aromatic heterocycles. The highest BCUT2D eigenvalue weighted by atomic mass is 32.1. The summed E-state index contributed by atoms with van der Waals surface area (Å²) < 4.78 is 5.17. The molecule has 0 N–H and O–H groups in total. The maximum Gasteiger partial charge on any atom is 0.315 e. The van der Waals surface area contributed by atoms with Gasteiger partial charge in [-0.1, -0.05) is 31.2 Å². The monoisotopic (exact) mass is 301 g/mol. The van der Waals surface area contributed by atoms with Gasteiger partial charge >= 0.3 is 5.97 Å². The third-order valence-electron chi connectivity index (χ3n) is 3.92. The molecule has 21 heavy (non-hydrogen) atoms. The third kappa shape index (κ3) is 2.60. The molecule has 0 radical (unpaired) electrons. The zero-order valence-corrected chi connectivity index (χ0v) is 13.2. The number of fused-ring (bicyclic) bond motifs is 1. The Morgan fingerprint density at radius 2 is 2.19 bits per heavy atom. The number of rotatable bonds is 4. The number of thiazole rings is 1. The standard InChI is InChI=1S/C17H19NO2S/c1-3-11-7-5-6-8-12(11)16-18-15-13(17(19)20-4-2)9-10-14(15)21-16/h5-8,13H,3-4,9-10H2,1-2H3. The maximum atomic E-state index is 12.0. The number of hydrogen-bond donors (Lipinski definition) is 0. The largest absolute Gasteiger partial charge is 0.465 e. The third-order valence-corrected chi connectivity index (χ3v) is 5.08. The van der Waals surface area contributed by atoms with Gasteiger partial charge in [-0.2, -0.15) is 0 Å². The number of carbonyl (C=O) groups excluding carboxylic acids is 1. The van der Waals surface area contributed by atoms with Gasteiger partial charge in [0.15, 0.2) is 0 Å². The van der Waals surface area contributed by atoms with Crippen LogP contribution >= 0.6 is 11.3 Å². The second-order valence-electron chi connectivity index (χ2n) is 5.18. The van der Waals surface area contributed by atoms with Gasteiger partial charge in [-0.05, 0) is 31.7 Å². The van der Waals surface area contributed by atoms with Crippen LogP contribution in [0.15, 0.2) is 24.3 Å². The van der Waals surface area contributed by atoms with E-state index in [1.165, 1.54) is 16.0 Å². The fraction of sp³-hybridized carbons (Fsp3) is 0.412. The van der Waals surface area contributed by atoms with E-state index in [1.54, 1.807) is 11.3 Å². The Morgan fingerprint density at radius 3 is 2.95 bits per heavy atom. The van der Waals surface area contributed by atoms with Crippen LogP contribution in [0.4, 0.5) is 0 Å². The quantitative estimate of drug-likeness (QED) is 0.802. The number of aromatic nitrogens is 1. The first-order valence-corrected chi connectivity index (χ1v) is 8.30. The number of benzene rings is 1. The number of esters is 1. The highest BCUT2D eigenvalue weighted by Gasteiger charge is 2.33. The van der Waals surface area contributed by atoms with Crippen molar-refractivity contribution in [1.29, 1.82) is 0 Å². The first-order chi connectivity index (χ1) is 10.2. The van der Waals surface area contributed by atoms with Crippen molar-refractivity contribution >= 4 is 17.3 Å². The molecule has 1 aliphatic carbocycles. The van der Waals surface area contributed by atoms with E-state index in [1.807, 2.05) is 13.0 Å². The molecular weight excluding hydrogens is 282 g/mol. The van der Waals surface area contributed by atoms with Crippen LogP contribution < -0.4 is 0 Å². The highest BCUT2D eigenvalue weighted by Crippen LogP contribution is 2.41. The van der Waals surface area contributed by atoms with Crippen molar-refractivity contribution < 1.29 is 9.53 Å². The fourth-order valence-corrected chi connectivity index (χ4v) is 4.05. The lowest BCUT2D eigenvalue weighted by atomic mass is 10.1. The second kappa shape index (κ2) is 5.98. The van der Waals surface area contributed by atoms with E-state index in [9.17, 15) is 4.79 Å². The summed E-state index contributed by atoms with van der Waals surface area (Å²) in [6, 6.07) is 8.37. The summed E-state index contributed by atoms with van der Waals surface area (Å²) in [6.07, 6.45) is 2.76. The van der Waals surface area contributed by atoms with Gasteiger partial charge in [-0.25, -0.2) is 4.98 Å². The van der Waals surface area contributed by atoms with Gasteiger partial charge in [0, 0.05) is 10.4 Å². The van der Waals surface area contributed by atoms with Crippen LogP contribution in [0, 0.1) is 0 Å². The lowest BCUT2D eigenvalue weighted by molar-refractivity contribution is -0.145. The average Bonchev–Trinajstić information content (AvgIpc) is 3.07. The zero-order valence-electron chi connectivity index (χ0n) is 12.4. The molecule has 0 fully saturated rings. The lowest BCUT2D eigenvalue weighted by Crippen LogP contribution is -2.14. The minimum absolute atomic E-state index is 0.128. The van der Waals surface area contributed by atoms with Crippen LogP contribution in [0.1, 0.15) is 42.3 Å². The highest BCUT2D eigenvalue weighted by molar-refractivity contribution is 7.15. The summed E-state index contributed by atoms with van der Waals surface area (Å²) in [5.41, 5.74) is 3.44. The normalized spacial score (nSPS) is 16.8. The minimum atomic E-state index is -0.168.